The van der Waals surface area contributed by atoms with Gasteiger partial charge in [-0.2, -0.15) is 5.26 Å². The van der Waals surface area contributed by atoms with E-state index in [1.807, 2.05) is 107 Å². The van der Waals surface area contributed by atoms with E-state index in [4.69, 9.17) is 14.0 Å². The average molecular weight is 887 g/mol. The van der Waals surface area contributed by atoms with Gasteiger partial charge in [-0.1, -0.05) is 104 Å². The van der Waals surface area contributed by atoms with Crippen molar-refractivity contribution in [1.29, 1.82) is 5.26 Å². The molecule has 5 heteroatoms. The molecule has 4 nitrogen and oxygen atoms in total. The van der Waals surface area contributed by atoms with Crippen molar-refractivity contribution < 1.29 is 34.1 Å². The number of pyridine rings is 2. The second-order valence-electron chi connectivity index (χ2n) is 14.2. The summed E-state index contributed by atoms with van der Waals surface area (Å²) in [4.78, 5) is 8.84. The average Bonchev–Trinajstić information content (AvgIpc) is 3.59. The van der Waals surface area contributed by atoms with Gasteiger partial charge >= 0.3 is 0 Å². The summed E-state index contributed by atoms with van der Waals surface area (Å²) in [5.41, 5.74) is 7.18. The first-order chi connectivity index (χ1) is 28.4. The predicted octanol–water partition coefficient (Wildman–Crippen LogP) is 12.7. The van der Waals surface area contributed by atoms with Crippen LogP contribution in [0.15, 0.2) is 132 Å². The van der Waals surface area contributed by atoms with Crippen molar-refractivity contribution in [3.8, 4) is 50.8 Å². The van der Waals surface area contributed by atoms with Crippen molar-refractivity contribution >= 4 is 21.9 Å². The van der Waals surface area contributed by atoms with E-state index in [0.29, 0.717) is 45.5 Å². The maximum atomic E-state index is 9.94. The fraction of sp³-hybridized carbons (Fsp3) is 0.163. The molecule has 0 saturated carbocycles. The van der Waals surface area contributed by atoms with Gasteiger partial charge in [-0.3, -0.25) is 0 Å². The Labute approximate surface area is 341 Å². The monoisotopic (exact) mass is 887 g/mol. The molecule has 0 saturated heterocycles. The number of aromatic nitrogens is 2. The first-order valence-corrected chi connectivity index (χ1v) is 17.3. The first kappa shape index (κ1) is 29.8. The third kappa shape index (κ3) is 8.12. The number of benzene rings is 5. The summed E-state index contributed by atoms with van der Waals surface area (Å²) >= 11 is 0. The second-order valence-corrected chi connectivity index (χ2v) is 14.2. The molecule has 0 aliphatic heterocycles. The normalized spacial score (nSPS) is 13.4. The number of furan rings is 1. The van der Waals surface area contributed by atoms with Crippen LogP contribution in [-0.4, -0.2) is 9.97 Å². The number of fused-ring (bicyclic) bond motifs is 3. The van der Waals surface area contributed by atoms with E-state index < -0.39 is 13.7 Å². The summed E-state index contributed by atoms with van der Waals surface area (Å²) < 4.78 is 65.5. The molecule has 8 aromatic rings. The van der Waals surface area contributed by atoms with E-state index in [-0.39, 0.29) is 53.8 Å². The Bertz CT molecular complexity index is 2880. The summed E-state index contributed by atoms with van der Waals surface area (Å²) in [5, 5.41) is 11.5. The molecule has 0 bridgehead atoms. The fourth-order valence-corrected chi connectivity index (χ4v) is 6.44. The molecule has 0 N–H and O–H groups in total. The van der Waals surface area contributed by atoms with Crippen LogP contribution >= 0.6 is 0 Å². The minimum absolute atomic E-state index is 0. The SMILES string of the molecule is Cc1ccc(-c2[c-]cccc2)nc1.[2H]c1cc(CC(C)(C)C)cc(C([2H])([2H])[2H])c1-c1cc(-c2[c-]ccc3c2oc2c(-c4ccccc4)c(C#N)ccc23)ncc1C([2H])([2H])[2H].[Ir]. The van der Waals surface area contributed by atoms with Crippen LogP contribution in [0.5, 0.6) is 0 Å². The van der Waals surface area contributed by atoms with Crippen molar-refractivity contribution in [2.45, 2.75) is 47.8 Å². The van der Waals surface area contributed by atoms with Gasteiger partial charge in [0.15, 0.2) is 0 Å². The summed E-state index contributed by atoms with van der Waals surface area (Å²) in [7, 11) is 0. The molecule has 0 atom stereocenters. The summed E-state index contributed by atoms with van der Waals surface area (Å²) in [5.74, 6) is 0. The van der Waals surface area contributed by atoms with Gasteiger partial charge in [-0.25, -0.2) is 0 Å². The van der Waals surface area contributed by atoms with Gasteiger partial charge in [0.25, 0.3) is 0 Å². The number of hydrogen-bond donors (Lipinski definition) is 0. The number of rotatable bonds is 5. The molecule has 0 aliphatic rings. The molecule has 0 spiro atoms. The quantitative estimate of drug-likeness (QED) is 0.162. The maximum absolute atomic E-state index is 9.94. The molecular weight excluding hydrogens is 839 g/mol. The molecular formula is C49H41IrN3O-2. The van der Waals surface area contributed by atoms with E-state index in [1.54, 1.807) is 24.3 Å². The molecule has 5 aromatic carbocycles. The van der Waals surface area contributed by atoms with Crippen LogP contribution in [0, 0.1) is 49.5 Å². The Morgan fingerprint density at radius 3 is 2.26 bits per heavy atom. The van der Waals surface area contributed by atoms with Crippen LogP contribution in [0.2, 0.25) is 0 Å². The molecule has 54 heavy (non-hydrogen) atoms. The zero-order valence-electron chi connectivity index (χ0n) is 37.3. The Morgan fingerprint density at radius 2 is 1.56 bits per heavy atom. The van der Waals surface area contributed by atoms with Gasteiger partial charge in [0.1, 0.15) is 5.58 Å². The van der Waals surface area contributed by atoms with E-state index in [9.17, 15) is 5.26 Å². The van der Waals surface area contributed by atoms with Crippen LogP contribution in [0.3, 0.4) is 0 Å². The zero-order valence-corrected chi connectivity index (χ0v) is 32.7. The van der Waals surface area contributed by atoms with E-state index >= 15 is 0 Å². The van der Waals surface area contributed by atoms with Crippen LogP contribution < -0.4 is 0 Å². The molecule has 3 heterocycles. The van der Waals surface area contributed by atoms with Crippen molar-refractivity contribution in [1.82, 2.24) is 9.97 Å². The van der Waals surface area contributed by atoms with Crippen molar-refractivity contribution in [3.63, 3.8) is 0 Å². The van der Waals surface area contributed by atoms with E-state index in [2.05, 4.69) is 34.2 Å². The minimum Gasteiger partial charge on any atom is -0.500 e. The minimum atomic E-state index is -2.64. The third-order valence-corrected chi connectivity index (χ3v) is 8.85. The predicted molar refractivity (Wildman–Crippen MR) is 217 cm³/mol. The van der Waals surface area contributed by atoms with Gasteiger partial charge in [0, 0.05) is 51.7 Å². The molecule has 0 amide bonds. The Morgan fingerprint density at radius 1 is 0.778 bits per heavy atom. The smallest absolute Gasteiger partial charge is 0.130 e. The standard InChI is InChI=1S/C37H31N2O.C12H10N.Ir/c1-23-18-25(20-37(3,4)5)14-16-28(23)32-19-33(39-22-24(32)2)31-13-9-12-29-30-17-15-27(21-38)34(36(30)40-35(29)31)26-10-7-6-8-11-26;1-10-7-8-12(13-9-10)11-5-3-2-4-6-11;/h6-12,14-19,22H,20H2,1-5H3;2-5,7-9H,1H3;/q2*-1;/i1D3,2D3,16D;;. The fourth-order valence-electron chi connectivity index (χ4n) is 6.44. The summed E-state index contributed by atoms with van der Waals surface area (Å²) in [6.45, 7) is 2.86. The van der Waals surface area contributed by atoms with Crippen LogP contribution in [-0.2, 0) is 26.5 Å². The van der Waals surface area contributed by atoms with Crippen molar-refractivity contribution in [3.05, 3.63) is 168 Å². The summed E-state index contributed by atoms with van der Waals surface area (Å²) in [6.07, 6.45) is 3.63. The van der Waals surface area contributed by atoms with Gasteiger partial charge in [0.05, 0.1) is 18.6 Å². The molecule has 0 fully saturated rings. The van der Waals surface area contributed by atoms with E-state index in [0.717, 1.165) is 27.6 Å². The largest absolute Gasteiger partial charge is 0.500 e. The Balaban J connectivity index is 0.000000378. The van der Waals surface area contributed by atoms with Crippen molar-refractivity contribution in [2.24, 2.45) is 5.41 Å². The number of aryl methyl sites for hydroxylation is 3. The van der Waals surface area contributed by atoms with Crippen LogP contribution in [0.1, 0.15) is 58.2 Å². The van der Waals surface area contributed by atoms with Crippen LogP contribution in [0.25, 0.3) is 66.7 Å². The van der Waals surface area contributed by atoms with Gasteiger partial charge < -0.3 is 14.4 Å². The topological polar surface area (TPSA) is 62.7 Å². The molecule has 1 radical (unpaired) electrons. The van der Waals surface area contributed by atoms with Crippen molar-refractivity contribution in [2.75, 3.05) is 0 Å². The van der Waals surface area contributed by atoms with Crippen LogP contribution in [0.4, 0.5) is 0 Å². The zero-order chi connectivity index (χ0) is 43.0. The molecule has 0 unspecified atom stereocenters. The number of hydrogen-bond acceptors (Lipinski definition) is 4. The molecule has 269 valence electrons. The molecule has 8 rings (SSSR count). The maximum Gasteiger partial charge on any atom is 0.130 e. The molecule has 3 aromatic heterocycles. The number of nitriles is 1. The molecule has 0 aliphatic carbocycles. The Kier molecular flexibility index (Phi) is 8.90. The van der Waals surface area contributed by atoms with E-state index in [1.165, 1.54) is 17.8 Å². The third-order valence-electron chi connectivity index (χ3n) is 8.85. The van der Waals surface area contributed by atoms with Gasteiger partial charge in [0.2, 0.25) is 0 Å². The summed E-state index contributed by atoms with van der Waals surface area (Å²) in [6, 6.07) is 41.8. The van der Waals surface area contributed by atoms with Gasteiger partial charge in [-0.15, -0.1) is 54.1 Å². The van der Waals surface area contributed by atoms with Gasteiger partial charge in [-0.05, 0) is 88.9 Å². The number of nitrogens with zero attached hydrogens (tertiary/aromatic N) is 3. The second kappa shape index (κ2) is 16.1. The Hall–Kier alpha value is -5.66. The first-order valence-electron chi connectivity index (χ1n) is 20.8.